The summed E-state index contributed by atoms with van der Waals surface area (Å²) < 4.78 is 32.2. The smallest absolute Gasteiger partial charge is 0.243 e. The monoisotopic (exact) mass is 330 g/mol. The zero-order valence-corrected chi connectivity index (χ0v) is 13.0. The van der Waals surface area contributed by atoms with E-state index in [1.807, 2.05) is 6.07 Å². The summed E-state index contributed by atoms with van der Waals surface area (Å²) in [7, 11) is -3.58. The third-order valence-corrected chi connectivity index (χ3v) is 5.45. The number of hydrogen-bond donors (Lipinski definition) is 0. The van der Waals surface area contributed by atoms with E-state index >= 15 is 0 Å². The topological polar surface area (TPSA) is 96.2 Å². The molecule has 0 unspecified atom stereocenters. The van der Waals surface area contributed by atoms with Crippen molar-refractivity contribution >= 4 is 10.0 Å². The van der Waals surface area contributed by atoms with Gasteiger partial charge in [0, 0.05) is 18.8 Å². The van der Waals surface area contributed by atoms with Crippen molar-refractivity contribution in [2.75, 3.05) is 13.1 Å². The molecule has 1 aliphatic heterocycles. The van der Waals surface area contributed by atoms with Crippen LogP contribution in [0, 0.1) is 11.3 Å². The Labute approximate surface area is 134 Å². The zero-order chi connectivity index (χ0) is 16.3. The lowest BCUT2D eigenvalue weighted by Gasteiger charge is -2.17. The predicted octanol–water partition coefficient (Wildman–Crippen LogP) is 1.19. The summed E-state index contributed by atoms with van der Waals surface area (Å²) >= 11 is 0. The lowest BCUT2D eigenvalue weighted by Crippen LogP contribution is -2.31. The fourth-order valence-electron chi connectivity index (χ4n) is 2.38. The molecule has 2 heterocycles. The van der Waals surface area contributed by atoms with Crippen LogP contribution in [0.3, 0.4) is 0 Å². The van der Waals surface area contributed by atoms with Gasteiger partial charge in [0.1, 0.15) is 12.4 Å². The molecule has 0 amide bonds. The molecule has 1 fully saturated rings. The van der Waals surface area contributed by atoms with Gasteiger partial charge in [0.2, 0.25) is 15.9 Å². The summed E-state index contributed by atoms with van der Waals surface area (Å²) in [5, 5.41) is 8.78. The highest BCUT2D eigenvalue weighted by Gasteiger charge is 2.33. The second-order valence-electron chi connectivity index (χ2n) is 5.08. The molecule has 0 radical (unpaired) electrons. The number of nitrogens with zero attached hydrogens (tertiary/aromatic N) is 4. The molecule has 23 heavy (non-hydrogen) atoms. The summed E-state index contributed by atoms with van der Waals surface area (Å²) in [5.41, 5.74) is 0.426. The number of aromatic nitrogens is 2. The molecule has 1 aromatic carbocycles. The van der Waals surface area contributed by atoms with Crippen LogP contribution in [-0.4, -0.2) is 41.9 Å². The van der Waals surface area contributed by atoms with Gasteiger partial charge < -0.3 is 4.74 Å². The summed E-state index contributed by atoms with van der Waals surface area (Å²) in [6.45, 7) is 0.657. The largest absolute Gasteiger partial charge is 0.473 e. The normalized spacial score (nSPS) is 18.5. The first-order valence-electron chi connectivity index (χ1n) is 7.02. The number of ether oxygens (including phenoxy) is 1. The summed E-state index contributed by atoms with van der Waals surface area (Å²) in [6.07, 6.45) is 3.32. The van der Waals surface area contributed by atoms with Gasteiger partial charge in [0.15, 0.2) is 0 Å². The van der Waals surface area contributed by atoms with Crippen LogP contribution in [-0.2, 0) is 10.0 Å². The van der Waals surface area contributed by atoms with E-state index in [0.717, 1.165) is 0 Å². The van der Waals surface area contributed by atoms with Gasteiger partial charge >= 0.3 is 0 Å². The van der Waals surface area contributed by atoms with Crippen LogP contribution in [0.25, 0.3) is 0 Å². The van der Waals surface area contributed by atoms with Gasteiger partial charge in [0.05, 0.1) is 23.1 Å². The van der Waals surface area contributed by atoms with Crippen LogP contribution in [0.2, 0.25) is 0 Å². The van der Waals surface area contributed by atoms with Crippen molar-refractivity contribution in [2.45, 2.75) is 17.4 Å². The molecule has 1 aliphatic rings. The van der Waals surface area contributed by atoms with Crippen molar-refractivity contribution in [1.29, 1.82) is 5.26 Å². The van der Waals surface area contributed by atoms with E-state index in [2.05, 4.69) is 9.97 Å². The third-order valence-electron chi connectivity index (χ3n) is 3.57. The van der Waals surface area contributed by atoms with Crippen molar-refractivity contribution in [2.24, 2.45) is 0 Å². The highest BCUT2D eigenvalue weighted by atomic mass is 32.2. The minimum atomic E-state index is -3.58. The quantitative estimate of drug-likeness (QED) is 0.835. The lowest BCUT2D eigenvalue weighted by molar-refractivity contribution is 0.206. The predicted molar refractivity (Wildman–Crippen MR) is 81.0 cm³/mol. The van der Waals surface area contributed by atoms with Crippen LogP contribution in [0.1, 0.15) is 12.0 Å². The molecular weight excluding hydrogens is 316 g/mol. The number of sulfonamides is 1. The van der Waals surface area contributed by atoms with E-state index < -0.39 is 10.0 Å². The Balaban J connectivity index is 1.71. The minimum absolute atomic E-state index is 0.180. The molecule has 0 bridgehead atoms. The molecular formula is C15H14N4O3S. The van der Waals surface area contributed by atoms with Crippen molar-refractivity contribution in [3.05, 3.63) is 48.4 Å². The number of rotatable bonds is 4. The Morgan fingerprint density at radius 3 is 2.70 bits per heavy atom. The molecule has 3 rings (SSSR count). The highest BCUT2D eigenvalue weighted by Crippen LogP contribution is 2.23. The lowest BCUT2D eigenvalue weighted by atomic mass is 10.2. The fourth-order valence-corrected chi connectivity index (χ4v) is 3.87. The van der Waals surface area contributed by atoms with Crippen LogP contribution in [0.15, 0.2) is 47.8 Å². The maximum absolute atomic E-state index is 12.6. The number of nitriles is 1. The molecule has 118 valence electrons. The molecule has 0 spiro atoms. The maximum atomic E-state index is 12.6. The SMILES string of the molecule is N#Cc1ccc(S(=O)(=O)N2CC[C@@H](Oc3ccncn3)C2)cc1. The number of hydrogen-bond acceptors (Lipinski definition) is 6. The second kappa shape index (κ2) is 6.32. The van der Waals surface area contributed by atoms with E-state index in [-0.39, 0.29) is 17.5 Å². The molecule has 7 nitrogen and oxygen atoms in total. The van der Waals surface area contributed by atoms with Gasteiger partial charge in [-0.05, 0) is 30.7 Å². The van der Waals surface area contributed by atoms with Gasteiger partial charge in [-0.25, -0.2) is 18.4 Å². The second-order valence-corrected chi connectivity index (χ2v) is 7.01. The van der Waals surface area contributed by atoms with Gasteiger partial charge in [-0.2, -0.15) is 9.57 Å². The van der Waals surface area contributed by atoms with Crippen LogP contribution in [0.5, 0.6) is 5.88 Å². The summed E-state index contributed by atoms with van der Waals surface area (Å²) in [5.74, 6) is 0.433. The van der Waals surface area contributed by atoms with Gasteiger partial charge in [-0.15, -0.1) is 0 Å². The molecule has 8 heteroatoms. The van der Waals surface area contributed by atoms with Gasteiger partial charge in [-0.1, -0.05) is 0 Å². The fraction of sp³-hybridized carbons (Fsp3) is 0.267. The van der Waals surface area contributed by atoms with E-state index in [9.17, 15) is 8.42 Å². The van der Waals surface area contributed by atoms with Crippen LogP contribution < -0.4 is 4.74 Å². The van der Waals surface area contributed by atoms with E-state index in [4.69, 9.17) is 10.00 Å². The molecule has 1 aromatic heterocycles. The van der Waals surface area contributed by atoms with Crippen molar-refractivity contribution < 1.29 is 13.2 Å². The number of benzene rings is 1. The van der Waals surface area contributed by atoms with Crippen molar-refractivity contribution in [3.8, 4) is 11.9 Å². The average Bonchev–Trinajstić information content (AvgIpc) is 3.05. The van der Waals surface area contributed by atoms with E-state index in [1.165, 1.54) is 34.9 Å². The Morgan fingerprint density at radius 1 is 1.26 bits per heavy atom. The summed E-state index contributed by atoms with van der Waals surface area (Å²) in [4.78, 5) is 7.96. The molecule has 2 aromatic rings. The molecule has 1 atom stereocenters. The first kappa shape index (κ1) is 15.4. The van der Waals surface area contributed by atoms with Crippen molar-refractivity contribution in [1.82, 2.24) is 14.3 Å². The molecule has 0 aliphatic carbocycles. The first-order chi connectivity index (χ1) is 11.1. The molecule has 1 saturated heterocycles. The van der Waals surface area contributed by atoms with Gasteiger partial charge in [-0.3, -0.25) is 0 Å². The minimum Gasteiger partial charge on any atom is -0.473 e. The highest BCUT2D eigenvalue weighted by molar-refractivity contribution is 7.89. The molecule has 0 saturated carbocycles. The Bertz CT molecular complexity index is 816. The van der Waals surface area contributed by atoms with Crippen LogP contribution >= 0.6 is 0 Å². The molecule has 0 N–H and O–H groups in total. The maximum Gasteiger partial charge on any atom is 0.243 e. The van der Waals surface area contributed by atoms with E-state index in [0.29, 0.717) is 24.4 Å². The first-order valence-corrected chi connectivity index (χ1v) is 8.46. The van der Waals surface area contributed by atoms with Gasteiger partial charge in [0.25, 0.3) is 0 Å². The van der Waals surface area contributed by atoms with E-state index in [1.54, 1.807) is 12.3 Å². The third kappa shape index (κ3) is 3.31. The van der Waals surface area contributed by atoms with Crippen molar-refractivity contribution in [3.63, 3.8) is 0 Å². The Hall–Kier alpha value is -2.50. The standard InChI is InChI=1S/C15H14N4O3S/c16-9-12-1-3-14(4-2-12)23(20,21)19-8-6-13(10-19)22-15-5-7-17-11-18-15/h1-5,7,11,13H,6,8,10H2/t13-/m1/s1. The Morgan fingerprint density at radius 2 is 2.04 bits per heavy atom. The zero-order valence-electron chi connectivity index (χ0n) is 12.2. The Kier molecular flexibility index (Phi) is 4.23. The van der Waals surface area contributed by atoms with Crippen LogP contribution in [0.4, 0.5) is 0 Å². The average molecular weight is 330 g/mol. The summed E-state index contributed by atoms with van der Waals surface area (Å²) in [6, 6.07) is 9.50.